The maximum absolute atomic E-state index is 12.7. The van der Waals surface area contributed by atoms with Gasteiger partial charge in [-0.3, -0.25) is 14.4 Å². The van der Waals surface area contributed by atoms with Crippen molar-refractivity contribution in [3.05, 3.63) is 34.2 Å². The van der Waals surface area contributed by atoms with Crippen LogP contribution in [0.4, 0.5) is 0 Å². The normalized spacial score (nSPS) is 24.8. The predicted octanol–water partition coefficient (Wildman–Crippen LogP) is 2.16. The van der Waals surface area contributed by atoms with Gasteiger partial charge in [-0.2, -0.15) is 0 Å². The quantitative estimate of drug-likeness (QED) is 0.791. The van der Waals surface area contributed by atoms with Crippen LogP contribution in [0.15, 0.2) is 23.0 Å². The first kappa shape index (κ1) is 21.1. The van der Waals surface area contributed by atoms with Crippen molar-refractivity contribution in [2.24, 2.45) is 11.3 Å². The van der Waals surface area contributed by atoms with Crippen LogP contribution in [-0.2, 0) is 4.79 Å². The number of aliphatic hydroxyl groups is 1. The monoisotopic (exact) mass is 415 g/mol. The molecule has 1 aromatic rings. The molecule has 7 heteroatoms. The second-order valence-corrected chi connectivity index (χ2v) is 9.50. The van der Waals surface area contributed by atoms with E-state index in [0.29, 0.717) is 30.0 Å². The summed E-state index contributed by atoms with van der Waals surface area (Å²) in [4.78, 5) is 43.1. The molecule has 3 heterocycles. The molecule has 164 valence electrons. The SMILES string of the molecule is O=C(CC1CCC2(CC1)CCN(C(=O)c1cccc(=O)[nH]1)CC2)N1CCC[C@H](O)C1. The number of nitrogens with zero attached hydrogens (tertiary/aromatic N) is 2. The van der Waals surface area contributed by atoms with Gasteiger partial charge < -0.3 is 19.9 Å². The highest BCUT2D eigenvalue weighted by atomic mass is 16.3. The fourth-order valence-electron chi connectivity index (χ4n) is 5.48. The van der Waals surface area contributed by atoms with Crippen LogP contribution >= 0.6 is 0 Å². The molecule has 4 rings (SSSR count). The highest BCUT2D eigenvalue weighted by Gasteiger charge is 2.39. The number of rotatable bonds is 3. The number of amides is 2. The molecule has 3 fully saturated rings. The number of carbonyl (C=O) groups excluding carboxylic acids is 2. The molecular formula is C23H33N3O4. The van der Waals surface area contributed by atoms with E-state index >= 15 is 0 Å². The lowest BCUT2D eigenvalue weighted by molar-refractivity contribution is -0.135. The zero-order valence-electron chi connectivity index (χ0n) is 17.6. The van der Waals surface area contributed by atoms with Crippen LogP contribution in [0.5, 0.6) is 0 Å². The van der Waals surface area contributed by atoms with E-state index in [2.05, 4.69) is 4.98 Å². The van der Waals surface area contributed by atoms with Gasteiger partial charge in [-0.1, -0.05) is 6.07 Å². The summed E-state index contributed by atoms with van der Waals surface area (Å²) in [5.41, 5.74) is 0.409. The van der Waals surface area contributed by atoms with Gasteiger partial charge in [-0.25, -0.2) is 0 Å². The Balaban J connectivity index is 1.25. The van der Waals surface area contributed by atoms with Gasteiger partial charge in [0.25, 0.3) is 5.91 Å². The predicted molar refractivity (Wildman–Crippen MR) is 113 cm³/mol. The number of pyridine rings is 1. The maximum atomic E-state index is 12.7. The van der Waals surface area contributed by atoms with E-state index in [4.69, 9.17) is 0 Å². The van der Waals surface area contributed by atoms with Gasteiger partial charge in [-0.15, -0.1) is 0 Å². The Bertz CT molecular complexity index is 818. The molecule has 1 aromatic heterocycles. The summed E-state index contributed by atoms with van der Waals surface area (Å²) in [7, 11) is 0. The summed E-state index contributed by atoms with van der Waals surface area (Å²) >= 11 is 0. The zero-order valence-corrected chi connectivity index (χ0v) is 17.6. The van der Waals surface area contributed by atoms with E-state index in [1.54, 1.807) is 12.1 Å². The zero-order chi connectivity index (χ0) is 21.1. The molecular weight excluding hydrogens is 382 g/mol. The summed E-state index contributed by atoms with van der Waals surface area (Å²) in [6.45, 7) is 2.73. The number of β-amino-alcohol motifs (C(OH)–C–C–N with tert-alkyl or cyclic N) is 1. The van der Waals surface area contributed by atoms with Crippen LogP contribution in [0.25, 0.3) is 0 Å². The van der Waals surface area contributed by atoms with Crippen LogP contribution < -0.4 is 5.56 Å². The second-order valence-electron chi connectivity index (χ2n) is 9.50. The molecule has 0 aromatic carbocycles. The summed E-state index contributed by atoms with van der Waals surface area (Å²) < 4.78 is 0. The van der Waals surface area contributed by atoms with Crippen molar-refractivity contribution in [2.45, 2.75) is 63.9 Å². The van der Waals surface area contributed by atoms with E-state index in [-0.39, 0.29) is 23.5 Å². The van der Waals surface area contributed by atoms with Gasteiger partial charge in [0, 0.05) is 38.7 Å². The first-order chi connectivity index (χ1) is 14.4. The molecule has 30 heavy (non-hydrogen) atoms. The van der Waals surface area contributed by atoms with Gasteiger partial charge in [-0.05, 0) is 68.8 Å². The lowest BCUT2D eigenvalue weighted by Gasteiger charge is -2.46. The third kappa shape index (κ3) is 4.77. The fourth-order valence-corrected chi connectivity index (χ4v) is 5.48. The molecule has 3 aliphatic rings. The van der Waals surface area contributed by atoms with E-state index in [0.717, 1.165) is 71.0 Å². The van der Waals surface area contributed by atoms with E-state index in [1.165, 1.54) is 6.07 Å². The van der Waals surface area contributed by atoms with Crippen LogP contribution in [0.1, 0.15) is 68.3 Å². The lowest BCUT2D eigenvalue weighted by atomic mass is 9.65. The minimum absolute atomic E-state index is 0.0921. The van der Waals surface area contributed by atoms with Crippen LogP contribution in [-0.4, -0.2) is 64.0 Å². The molecule has 2 aliphatic heterocycles. The van der Waals surface area contributed by atoms with Crippen molar-refractivity contribution in [1.82, 2.24) is 14.8 Å². The maximum Gasteiger partial charge on any atom is 0.270 e. The highest BCUT2D eigenvalue weighted by Crippen LogP contribution is 2.47. The number of carbonyl (C=O) groups is 2. The summed E-state index contributed by atoms with van der Waals surface area (Å²) in [5.74, 6) is 0.550. The van der Waals surface area contributed by atoms with Crippen molar-refractivity contribution in [3.8, 4) is 0 Å². The van der Waals surface area contributed by atoms with E-state index in [9.17, 15) is 19.5 Å². The number of H-pyrrole nitrogens is 1. The van der Waals surface area contributed by atoms with Crippen molar-refractivity contribution in [2.75, 3.05) is 26.2 Å². The number of nitrogens with one attached hydrogen (secondary N) is 1. The Hall–Kier alpha value is -2.15. The Kier molecular flexibility index (Phi) is 6.27. The van der Waals surface area contributed by atoms with Crippen molar-refractivity contribution in [3.63, 3.8) is 0 Å². The standard InChI is InChI=1S/C23H33N3O4/c27-18-3-2-12-26(16-18)21(29)15-17-6-8-23(9-7-17)10-13-25(14-11-23)22(30)19-4-1-5-20(28)24-19/h1,4-5,17-18,27H,2-3,6-16H2,(H,24,28)/t18-/m0/s1. The summed E-state index contributed by atoms with van der Waals surface area (Å²) in [6, 6.07) is 4.70. The average Bonchev–Trinajstić information content (AvgIpc) is 2.75. The number of aromatic amines is 1. The van der Waals surface area contributed by atoms with Crippen molar-refractivity contribution < 1.29 is 14.7 Å². The molecule has 0 unspecified atom stereocenters. The van der Waals surface area contributed by atoms with Crippen LogP contribution in [0, 0.1) is 11.3 Å². The molecule has 2 N–H and O–H groups in total. The molecule has 2 saturated heterocycles. The molecule has 1 aliphatic carbocycles. The number of hydrogen-bond acceptors (Lipinski definition) is 4. The van der Waals surface area contributed by atoms with Crippen molar-refractivity contribution in [1.29, 1.82) is 0 Å². The Morgan fingerprint density at radius 3 is 2.43 bits per heavy atom. The topological polar surface area (TPSA) is 93.7 Å². The molecule has 1 spiro atoms. The number of aliphatic hydroxyl groups excluding tert-OH is 1. The smallest absolute Gasteiger partial charge is 0.270 e. The Morgan fingerprint density at radius 2 is 1.77 bits per heavy atom. The van der Waals surface area contributed by atoms with Gasteiger partial charge in [0.2, 0.25) is 11.5 Å². The van der Waals surface area contributed by atoms with Crippen LogP contribution in [0.2, 0.25) is 0 Å². The molecule has 7 nitrogen and oxygen atoms in total. The number of likely N-dealkylation sites (tertiary alicyclic amines) is 2. The lowest BCUT2D eigenvalue weighted by Crippen LogP contribution is -2.45. The number of hydrogen-bond donors (Lipinski definition) is 2. The summed E-state index contributed by atoms with van der Waals surface area (Å²) in [5, 5.41) is 9.81. The minimum Gasteiger partial charge on any atom is -0.391 e. The molecule has 1 atom stereocenters. The Morgan fingerprint density at radius 1 is 1.03 bits per heavy atom. The van der Waals surface area contributed by atoms with Gasteiger partial charge in [0.1, 0.15) is 5.69 Å². The molecule has 0 bridgehead atoms. The Labute approximate surface area is 177 Å². The third-order valence-electron chi connectivity index (χ3n) is 7.49. The van der Waals surface area contributed by atoms with E-state index < -0.39 is 0 Å². The third-order valence-corrected chi connectivity index (χ3v) is 7.49. The average molecular weight is 416 g/mol. The number of aromatic nitrogens is 1. The van der Waals surface area contributed by atoms with Gasteiger partial charge >= 0.3 is 0 Å². The number of piperidine rings is 2. The van der Waals surface area contributed by atoms with Crippen LogP contribution in [0.3, 0.4) is 0 Å². The molecule has 0 radical (unpaired) electrons. The fraction of sp³-hybridized carbons (Fsp3) is 0.696. The van der Waals surface area contributed by atoms with Gasteiger partial charge in [0.15, 0.2) is 0 Å². The minimum atomic E-state index is -0.362. The molecule has 1 saturated carbocycles. The van der Waals surface area contributed by atoms with Gasteiger partial charge in [0.05, 0.1) is 6.10 Å². The highest BCUT2D eigenvalue weighted by molar-refractivity contribution is 5.92. The second kappa shape index (κ2) is 8.92. The first-order valence-electron chi connectivity index (χ1n) is 11.4. The van der Waals surface area contributed by atoms with E-state index in [1.807, 2.05) is 9.80 Å². The van der Waals surface area contributed by atoms with Crippen molar-refractivity contribution >= 4 is 11.8 Å². The first-order valence-corrected chi connectivity index (χ1v) is 11.4. The summed E-state index contributed by atoms with van der Waals surface area (Å²) in [6.07, 6.45) is 8.32. The largest absolute Gasteiger partial charge is 0.391 e. The molecule has 2 amide bonds.